The number of carbonyl (C=O) groups is 1. The summed E-state index contributed by atoms with van der Waals surface area (Å²) in [4.78, 5) is 14.2. The van der Waals surface area contributed by atoms with Crippen LogP contribution in [0.15, 0.2) is 60.7 Å². The Labute approximate surface area is 169 Å². The molecule has 2 rings (SSSR count). The van der Waals surface area contributed by atoms with Crippen molar-refractivity contribution in [2.75, 3.05) is 25.0 Å². The van der Waals surface area contributed by atoms with Gasteiger partial charge in [-0.3, -0.25) is 4.79 Å². The summed E-state index contributed by atoms with van der Waals surface area (Å²) < 4.78 is 0. The summed E-state index contributed by atoms with van der Waals surface area (Å²) in [5.41, 5.74) is 8.27. The molecule has 0 aromatic heterocycles. The molecule has 0 aliphatic heterocycles. The summed E-state index contributed by atoms with van der Waals surface area (Å²) in [6, 6.07) is 19.7. The third-order valence-electron chi connectivity index (χ3n) is 4.05. The first-order valence-electron chi connectivity index (χ1n) is 8.50. The summed E-state index contributed by atoms with van der Waals surface area (Å²) in [5.74, 6) is -0.0738. The Balaban J connectivity index is 0.00000312. The minimum absolute atomic E-state index is 0. The van der Waals surface area contributed by atoms with Crippen LogP contribution in [0.2, 0.25) is 0 Å². The van der Waals surface area contributed by atoms with Gasteiger partial charge in [0.1, 0.15) is 0 Å². The predicted octanol–water partition coefficient (Wildman–Crippen LogP) is 3.43. The van der Waals surface area contributed by atoms with E-state index in [0.29, 0.717) is 13.0 Å². The van der Waals surface area contributed by atoms with Crippen molar-refractivity contribution in [2.24, 2.45) is 5.73 Å². The first-order valence-corrected chi connectivity index (χ1v) is 8.50. The largest absolute Gasteiger partial charge is 0.375 e. The Morgan fingerprint density at radius 3 is 2.19 bits per heavy atom. The molecule has 144 valence electrons. The maximum absolute atomic E-state index is 12.0. The maximum Gasteiger partial charge on any atom is 0.237 e. The molecule has 0 heterocycles. The smallest absolute Gasteiger partial charge is 0.237 e. The van der Waals surface area contributed by atoms with Gasteiger partial charge in [0.25, 0.3) is 0 Å². The second kappa shape index (κ2) is 13.5. The van der Waals surface area contributed by atoms with Gasteiger partial charge in [-0.25, -0.2) is 0 Å². The number of benzene rings is 2. The highest BCUT2D eigenvalue weighted by Gasteiger charge is 2.13. The van der Waals surface area contributed by atoms with E-state index in [2.05, 4.69) is 29.4 Å². The minimum atomic E-state index is -0.487. The number of unbranched alkanes of at least 4 members (excludes halogenated alkanes) is 1. The van der Waals surface area contributed by atoms with Crippen LogP contribution in [0, 0.1) is 0 Å². The van der Waals surface area contributed by atoms with Crippen LogP contribution in [-0.2, 0) is 11.2 Å². The summed E-state index contributed by atoms with van der Waals surface area (Å²) in [6.07, 6.45) is 2.55. The number of nitrogens with zero attached hydrogens (tertiary/aromatic N) is 1. The highest BCUT2D eigenvalue weighted by molar-refractivity contribution is 5.85. The number of hydrogen-bond acceptors (Lipinski definition) is 3. The van der Waals surface area contributed by atoms with Gasteiger partial charge in [0, 0.05) is 25.8 Å². The lowest BCUT2D eigenvalue weighted by Gasteiger charge is -2.19. The molecular formula is C20H29Cl2N3O. The molecule has 3 N–H and O–H groups in total. The second-order valence-electron chi connectivity index (χ2n) is 6.05. The van der Waals surface area contributed by atoms with E-state index in [4.69, 9.17) is 5.73 Å². The molecule has 1 unspecified atom stereocenters. The van der Waals surface area contributed by atoms with Crippen LogP contribution in [0.1, 0.15) is 18.4 Å². The van der Waals surface area contributed by atoms with Crippen molar-refractivity contribution in [3.63, 3.8) is 0 Å². The summed E-state index contributed by atoms with van der Waals surface area (Å²) in [5, 5.41) is 2.93. The first kappa shape index (κ1) is 24.2. The molecule has 1 atom stereocenters. The summed E-state index contributed by atoms with van der Waals surface area (Å²) in [6.45, 7) is 1.64. The summed E-state index contributed by atoms with van der Waals surface area (Å²) in [7, 11) is 2.09. The fourth-order valence-corrected chi connectivity index (χ4v) is 2.59. The van der Waals surface area contributed by atoms with Gasteiger partial charge in [0.15, 0.2) is 0 Å². The van der Waals surface area contributed by atoms with Crippen LogP contribution < -0.4 is 16.0 Å². The zero-order valence-corrected chi connectivity index (χ0v) is 16.8. The van der Waals surface area contributed by atoms with Gasteiger partial charge in [0.2, 0.25) is 5.91 Å². The number of amides is 1. The zero-order chi connectivity index (χ0) is 17.2. The molecular weight excluding hydrogens is 369 g/mol. The molecule has 2 aromatic rings. The normalized spacial score (nSPS) is 10.8. The number of halogens is 2. The number of carbonyl (C=O) groups excluding carboxylic acids is 1. The van der Waals surface area contributed by atoms with Crippen LogP contribution in [0.25, 0.3) is 0 Å². The lowest BCUT2D eigenvalue weighted by Crippen LogP contribution is -2.42. The van der Waals surface area contributed by atoms with Crippen LogP contribution >= 0.6 is 24.8 Å². The Hall–Kier alpha value is -1.75. The molecule has 0 bridgehead atoms. The molecule has 1 amide bonds. The molecule has 0 spiro atoms. The lowest BCUT2D eigenvalue weighted by atomic mass is 10.1. The van der Waals surface area contributed by atoms with Crippen molar-refractivity contribution in [3.05, 3.63) is 66.2 Å². The molecule has 0 saturated heterocycles. The van der Waals surface area contributed by atoms with E-state index in [9.17, 15) is 4.79 Å². The van der Waals surface area contributed by atoms with E-state index in [-0.39, 0.29) is 30.7 Å². The zero-order valence-electron chi connectivity index (χ0n) is 15.1. The Morgan fingerprint density at radius 2 is 1.58 bits per heavy atom. The van der Waals surface area contributed by atoms with Gasteiger partial charge in [-0.1, -0.05) is 48.5 Å². The van der Waals surface area contributed by atoms with Crippen molar-refractivity contribution in [1.82, 2.24) is 5.32 Å². The van der Waals surface area contributed by atoms with Crippen LogP contribution in [0.3, 0.4) is 0 Å². The number of nitrogens with one attached hydrogen (secondary N) is 1. The van der Waals surface area contributed by atoms with Gasteiger partial charge < -0.3 is 16.0 Å². The molecule has 4 nitrogen and oxygen atoms in total. The van der Waals surface area contributed by atoms with Crippen LogP contribution in [0.5, 0.6) is 0 Å². The van der Waals surface area contributed by atoms with Crippen molar-refractivity contribution >= 4 is 36.4 Å². The average molecular weight is 398 g/mol. The molecule has 6 heteroatoms. The van der Waals surface area contributed by atoms with Gasteiger partial charge >= 0.3 is 0 Å². The van der Waals surface area contributed by atoms with E-state index in [1.807, 2.05) is 48.5 Å². The molecule has 26 heavy (non-hydrogen) atoms. The molecule has 0 radical (unpaired) electrons. The standard InChI is InChI=1S/C20H27N3O.2ClH/c1-23(18-12-6-3-7-13-18)15-9-8-14-22-20(24)19(21)16-17-10-4-2-5-11-17;;/h2-7,10-13,19H,8-9,14-16,21H2,1H3,(H,22,24);2*1H. The Bertz CT molecular complexity index is 611. The number of anilines is 1. The first-order chi connectivity index (χ1) is 11.7. The topological polar surface area (TPSA) is 58.4 Å². The van der Waals surface area contributed by atoms with Crippen molar-refractivity contribution < 1.29 is 4.79 Å². The number of hydrogen-bond donors (Lipinski definition) is 2. The van der Waals surface area contributed by atoms with Crippen molar-refractivity contribution in [2.45, 2.75) is 25.3 Å². The minimum Gasteiger partial charge on any atom is -0.375 e. The monoisotopic (exact) mass is 397 g/mol. The fourth-order valence-electron chi connectivity index (χ4n) is 2.59. The Morgan fingerprint density at radius 1 is 1.00 bits per heavy atom. The Kier molecular flexibility index (Phi) is 12.5. The number of nitrogens with two attached hydrogens (primary N) is 1. The molecule has 0 aliphatic rings. The lowest BCUT2D eigenvalue weighted by molar-refractivity contribution is -0.122. The molecule has 0 fully saturated rings. The maximum atomic E-state index is 12.0. The second-order valence-corrected chi connectivity index (χ2v) is 6.05. The van der Waals surface area contributed by atoms with E-state index >= 15 is 0 Å². The van der Waals surface area contributed by atoms with E-state index in [1.54, 1.807) is 0 Å². The SMILES string of the molecule is CN(CCCCNC(=O)C(N)Cc1ccccc1)c1ccccc1.Cl.Cl. The van der Waals surface area contributed by atoms with Gasteiger partial charge in [-0.15, -0.1) is 24.8 Å². The van der Waals surface area contributed by atoms with Gasteiger partial charge in [-0.2, -0.15) is 0 Å². The molecule has 2 aromatic carbocycles. The van der Waals surface area contributed by atoms with Crippen LogP contribution in [-0.4, -0.2) is 32.1 Å². The van der Waals surface area contributed by atoms with Gasteiger partial charge in [-0.05, 0) is 37.0 Å². The molecule has 0 saturated carbocycles. The highest BCUT2D eigenvalue weighted by atomic mass is 35.5. The highest BCUT2D eigenvalue weighted by Crippen LogP contribution is 2.11. The molecule has 0 aliphatic carbocycles. The number of rotatable bonds is 9. The van der Waals surface area contributed by atoms with Gasteiger partial charge in [0.05, 0.1) is 6.04 Å². The van der Waals surface area contributed by atoms with Crippen molar-refractivity contribution in [3.8, 4) is 0 Å². The van der Waals surface area contributed by atoms with E-state index in [0.717, 1.165) is 24.9 Å². The third kappa shape index (κ3) is 8.56. The summed E-state index contributed by atoms with van der Waals surface area (Å²) >= 11 is 0. The average Bonchev–Trinajstić information content (AvgIpc) is 2.62. The fraction of sp³-hybridized carbons (Fsp3) is 0.350. The van der Waals surface area contributed by atoms with E-state index < -0.39 is 6.04 Å². The quantitative estimate of drug-likeness (QED) is 0.637. The predicted molar refractivity (Wildman–Crippen MR) is 115 cm³/mol. The third-order valence-corrected chi connectivity index (χ3v) is 4.05. The number of para-hydroxylation sites is 1. The van der Waals surface area contributed by atoms with Crippen LogP contribution in [0.4, 0.5) is 5.69 Å². The van der Waals surface area contributed by atoms with Crippen molar-refractivity contribution in [1.29, 1.82) is 0 Å². The van der Waals surface area contributed by atoms with E-state index in [1.165, 1.54) is 5.69 Å².